The first-order valence-corrected chi connectivity index (χ1v) is 28.3. The summed E-state index contributed by atoms with van der Waals surface area (Å²) in [6.07, 6.45) is 3.28. The molecule has 6 heterocycles. The zero-order chi connectivity index (χ0) is 54.8. The van der Waals surface area contributed by atoms with Gasteiger partial charge in [-0.1, -0.05) is 88.6 Å². The van der Waals surface area contributed by atoms with Gasteiger partial charge in [-0.3, -0.25) is 29.9 Å². The minimum Gasteiger partial charge on any atom is -0.494 e. The van der Waals surface area contributed by atoms with E-state index in [1.807, 2.05) is 106 Å². The molecular weight excluding hydrogens is 1060 g/mol. The van der Waals surface area contributed by atoms with E-state index in [0.717, 1.165) is 64.9 Å². The highest BCUT2D eigenvalue weighted by Gasteiger charge is 2.39. The average Bonchev–Trinajstić information content (AvgIpc) is 4.36. The molecule has 404 valence electrons. The third kappa shape index (κ3) is 10.7. The lowest BCUT2D eigenvalue weighted by molar-refractivity contribution is -0.120. The minimum absolute atomic E-state index is 0.152. The molecule has 0 spiro atoms. The number of amides is 3. The van der Waals surface area contributed by atoms with E-state index in [1.165, 1.54) is 38.9 Å². The van der Waals surface area contributed by atoms with Crippen LogP contribution in [0.5, 0.6) is 40.2 Å². The molecule has 19 heteroatoms. The van der Waals surface area contributed by atoms with Crippen LogP contribution < -0.4 is 48.7 Å². The molecule has 0 saturated heterocycles. The zero-order valence-corrected chi connectivity index (χ0v) is 47.0. The summed E-state index contributed by atoms with van der Waals surface area (Å²) in [6.45, 7) is 9.63. The van der Waals surface area contributed by atoms with Crippen molar-refractivity contribution < 1.29 is 47.5 Å². The molecule has 0 fully saturated rings. The maximum Gasteiger partial charge on any atom is 0.266 e. The van der Waals surface area contributed by atoms with Crippen molar-refractivity contribution in [1.29, 1.82) is 0 Å². The Balaban J connectivity index is 0.635. The van der Waals surface area contributed by atoms with E-state index in [9.17, 15) is 14.4 Å². The van der Waals surface area contributed by atoms with Crippen molar-refractivity contribution >= 4 is 97.8 Å². The summed E-state index contributed by atoms with van der Waals surface area (Å²) in [7, 11) is 3.30. The van der Waals surface area contributed by atoms with Crippen LogP contribution in [0, 0.1) is 6.92 Å². The Morgan fingerprint density at radius 1 is 0.582 bits per heavy atom. The van der Waals surface area contributed by atoms with Gasteiger partial charge in [0.1, 0.15) is 28.1 Å². The molecule has 2 N–H and O–H groups in total. The maximum atomic E-state index is 13.4. The number of fused-ring (bicyclic) bond motifs is 6. The SMILES string of the molecule is COc1cccc2sc(NC(=O)COc3cccc4c3OC(C)(Cc3cc(C)c5nc(NC(=O)COc6cccc7c6OC(C)(Cc6ccc8nc(N(C)C(=O)COc9cccc%10c9OC(C)(C)C%10)sc8c6)C7)sc5c3)C4)nc12. The zero-order valence-electron chi connectivity index (χ0n) is 44.6. The van der Waals surface area contributed by atoms with Crippen LogP contribution in [-0.4, -0.2) is 83.5 Å². The fourth-order valence-electron chi connectivity index (χ4n) is 10.7. The Kier molecular flexibility index (Phi) is 13.3. The Labute approximate surface area is 467 Å². The molecule has 2 atom stereocenters. The van der Waals surface area contributed by atoms with Crippen molar-refractivity contribution in [2.75, 3.05) is 49.5 Å². The molecule has 9 aromatic rings. The molecule has 6 aromatic carbocycles. The summed E-state index contributed by atoms with van der Waals surface area (Å²) in [5.74, 6) is 3.23. The molecule has 3 aliphatic heterocycles. The number of ether oxygens (including phenoxy) is 7. The lowest BCUT2D eigenvalue weighted by Crippen LogP contribution is -2.33. The van der Waals surface area contributed by atoms with Crippen molar-refractivity contribution in [2.24, 2.45) is 0 Å². The van der Waals surface area contributed by atoms with E-state index in [-0.39, 0.29) is 43.1 Å². The lowest BCUT2D eigenvalue weighted by Gasteiger charge is -2.24. The number of carbonyl (C=O) groups is 3. The number of rotatable bonds is 17. The third-order valence-corrected chi connectivity index (χ3v) is 17.1. The van der Waals surface area contributed by atoms with Gasteiger partial charge in [0.05, 0.1) is 32.2 Å². The van der Waals surface area contributed by atoms with Crippen LogP contribution in [0.25, 0.3) is 30.6 Å². The number of methoxy groups -OCH3 is 1. The quantitative estimate of drug-likeness (QED) is 0.0879. The number of nitrogens with one attached hydrogen (secondary N) is 2. The fourth-order valence-corrected chi connectivity index (χ4v) is 13.6. The van der Waals surface area contributed by atoms with Gasteiger partial charge in [-0.15, -0.1) is 0 Å². The molecular formula is C60H56N6O10S3. The number of likely N-dealkylation sites (N-methyl/N-ethyl adjacent to an activating group) is 1. The molecule has 0 aliphatic carbocycles. The minimum atomic E-state index is -0.584. The van der Waals surface area contributed by atoms with E-state index >= 15 is 0 Å². The van der Waals surface area contributed by atoms with Gasteiger partial charge in [0.2, 0.25) is 0 Å². The van der Waals surface area contributed by atoms with Crippen LogP contribution in [0.2, 0.25) is 0 Å². The number of hydrogen-bond acceptors (Lipinski definition) is 16. The predicted octanol–water partition coefficient (Wildman–Crippen LogP) is 11.5. The lowest BCUT2D eigenvalue weighted by atomic mass is 9.91. The molecule has 2 unspecified atom stereocenters. The molecule has 3 amide bonds. The van der Waals surface area contributed by atoms with Gasteiger partial charge in [-0.05, 0) is 99.8 Å². The monoisotopic (exact) mass is 1120 g/mol. The molecule has 0 radical (unpaired) electrons. The smallest absolute Gasteiger partial charge is 0.266 e. The highest BCUT2D eigenvalue weighted by molar-refractivity contribution is 7.23. The molecule has 79 heavy (non-hydrogen) atoms. The summed E-state index contributed by atoms with van der Waals surface area (Å²) in [5.41, 5.74) is 6.97. The van der Waals surface area contributed by atoms with Crippen LogP contribution in [-0.2, 0) is 46.5 Å². The van der Waals surface area contributed by atoms with Gasteiger partial charge in [0.25, 0.3) is 17.7 Å². The Hall–Kier alpha value is -8.00. The fraction of sp³-hybridized carbons (Fsp3) is 0.300. The number of hydrogen-bond donors (Lipinski definition) is 2. The average molecular weight is 1120 g/mol. The number of benzene rings is 6. The first kappa shape index (κ1) is 51.7. The predicted molar refractivity (Wildman–Crippen MR) is 308 cm³/mol. The third-order valence-electron chi connectivity index (χ3n) is 14.2. The number of anilines is 3. The number of aryl methyl sites for hydroxylation is 1. The highest BCUT2D eigenvalue weighted by Crippen LogP contribution is 2.46. The normalized spacial score (nSPS) is 17.6. The standard InChI is InChI=1S/C60H56N6O10S3/c1-33-22-35(26-60(5)29-38-14-10-18-43(54(38)76-60)72-31-48(68)63-56-65-51-40(70-7)15-11-19-44(51)77-56)24-46-50(33)64-55(78-46)62-47(67)30-71-42-17-9-13-37-28-59(4,75-53(37)42)25-34-20-21-39-45(23-34)79-57(61-39)66(6)49(69)32-73-41-16-8-12-36-27-58(2,3)74-52(36)41/h8-24H,25-32H2,1-7H3,(H,62,64,67)(H,63,65,68). The number of para-hydroxylation sites is 4. The Bertz CT molecular complexity index is 3910. The van der Waals surface area contributed by atoms with E-state index in [2.05, 4.69) is 47.7 Å². The number of nitrogens with zero attached hydrogens (tertiary/aromatic N) is 4. The summed E-state index contributed by atoms with van der Waals surface area (Å²) >= 11 is 4.21. The Morgan fingerprint density at radius 2 is 1.11 bits per heavy atom. The van der Waals surface area contributed by atoms with Crippen LogP contribution in [0.3, 0.4) is 0 Å². The Morgan fingerprint density at radius 3 is 1.75 bits per heavy atom. The van der Waals surface area contributed by atoms with Crippen molar-refractivity contribution in [3.63, 3.8) is 0 Å². The van der Waals surface area contributed by atoms with Gasteiger partial charge in [-0.25, -0.2) is 15.0 Å². The van der Waals surface area contributed by atoms with Gasteiger partial charge < -0.3 is 33.2 Å². The van der Waals surface area contributed by atoms with Gasteiger partial charge >= 0.3 is 0 Å². The molecule has 0 saturated carbocycles. The van der Waals surface area contributed by atoms with E-state index in [1.54, 1.807) is 14.2 Å². The summed E-state index contributed by atoms with van der Waals surface area (Å²) < 4.78 is 45.8. The van der Waals surface area contributed by atoms with Crippen molar-refractivity contribution in [3.05, 3.63) is 137 Å². The number of thiazole rings is 3. The second-order valence-electron chi connectivity index (χ2n) is 21.4. The number of aromatic nitrogens is 3. The second kappa shape index (κ2) is 20.3. The first-order chi connectivity index (χ1) is 37.9. The summed E-state index contributed by atoms with van der Waals surface area (Å²) in [4.78, 5) is 55.4. The molecule has 3 aliphatic rings. The summed E-state index contributed by atoms with van der Waals surface area (Å²) in [5, 5.41) is 7.30. The maximum absolute atomic E-state index is 13.4. The van der Waals surface area contributed by atoms with Crippen molar-refractivity contribution in [3.8, 4) is 40.2 Å². The second-order valence-corrected chi connectivity index (χ2v) is 24.5. The van der Waals surface area contributed by atoms with Crippen molar-refractivity contribution in [2.45, 2.75) is 83.5 Å². The molecule has 0 bridgehead atoms. The van der Waals surface area contributed by atoms with Crippen LogP contribution in [0.4, 0.5) is 15.4 Å². The van der Waals surface area contributed by atoms with E-state index in [4.69, 9.17) is 43.1 Å². The highest BCUT2D eigenvalue weighted by atomic mass is 32.1. The van der Waals surface area contributed by atoms with Crippen LogP contribution >= 0.6 is 34.0 Å². The largest absolute Gasteiger partial charge is 0.494 e. The van der Waals surface area contributed by atoms with E-state index < -0.39 is 11.2 Å². The summed E-state index contributed by atoms with van der Waals surface area (Å²) in [6, 6.07) is 33.3. The van der Waals surface area contributed by atoms with Gasteiger partial charge in [0, 0.05) is 55.8 Å². The van der Waals surface area contributed by atoms with E-state index in [0.29, 0.717) is 86.8 Å². The topological polar surface area (TPSA) is 182 Å². The molecule has 16 nitrogen and oxygen atoms in total. The van der Waals surface area contributed by atoms with Gasteiger partial charge in [-0.2, -0.15) is 0 Å². The molecule has 3 aromatic heterocycles. The van der Waals surface area contributed by atoms with Crippen LogP contribution in [0.1, 0.15) is 61.1 Å². The van der Waals surface area contributed by atoms with Gasteiger partial charge in [0.15, 0.2) is 69.7 Å². The van der Waals surface area contributed by atoms with Crippen LogP contribution in [0.15, 0.2) is 103 Å². The number of carbonyl (C=O) groups excluding carboxylic acids is 3. The first-order valence-electron chi connectivity index (χ1n) is 25.9. The molecule has 12 rings (SSSR count). The van der Waals surface area contributed by atoms with Crippen molar-refractivity contribution in [1.82, 2.24) is 15.0 Å².